The average Bonchev–Trinajstić information content (AvgIpc) is 2.92. The van der Waals surface area contributed by atoms with E-state index in [2.05, 4.69) is 50.4 Å². The highest BCUT2D eigenvalue weighted by Gasteiger charge is 2.30. The van der Waals surface area contributed by atoms with Crippen molar-refractivity contribution in [3.8, 4) is 5.75 Å². The van der Waals surface area contributed by atoms with Gasteiger partial charge in [-0.3, -0.25) is 9.59 Å². The minimum Gasteiger partial charge on any atom is -0.497 e. The monoisotopic (exact) mass is 514 g/mol. The molecule has 0 aliphatic heterocycles. The van der Waals surface area contributed by atoms with E-state index >= 15 is 0 Å². The number of hydrogen-bond donors (Lipinski definition) is 1. The van der Waals surface area contributed by atoms with Crippen molar-refractivity contribution < 1.29 is 14.3 Å². The van der Waals surface area contributed by atoms with E-state index in [0.29, 0.717) is 32.4 Å². The van der Waals surface area contributed by atoms with Gasteiger partial charge in [-0.15, -0.1) is 0 Å². The molecule has 3 aromatic carbocycles. The first-order chi connectivity index (χ1) is 18.2. The normalized spacial score (nSPS) is 12.0. The number of ether oxygens (including phenoxy) is 1. The van der Waals surface area contributed by atoms with E-state index in [1.807, 2.05) is 61.5 Å². The standard InChI is InChI=1S/C33H42N2O3/c1-6-21-34-32(37)30(23-26-11-8-7-9-12-26)35(24-27-13-10-14-29(22-27)38-5)31(36)20-17-25-15-18-28(19-16-25)33(2,3)4/h7-16,18-19,22,30H,6,17,20-21,23-24H2,1-5H3,(H,34,37)/t30-/m0/s1. The Morgan fingerprint density at radius 2 is 1.58 bits per heavy atom. The lowest BCUT2D eigenvalue weighted by atomic mass is 9.86. The van der Waals surface area contributed by atoms with Crippen LogP contribution >= 0.6 is 0 Å². The van der Waals surface area contributed by atoms with Gasteiger partial charge in [-0.1, -0.05) is 94.4 Å². The first-order valence-corrected chi connectivity index (χ1v) is 13.5. The Morgan fingerprint density at radius 3 is 2.21 bits per heavy atom. The Morgan fingerprint density at radius 1 is 0.895 bits per heavy atom. The molecule has 0 heterocycles. The molecule has 0 aliphatic rings. The highest BCUT2D eigenvalue weighted by atomic mass is 16.5. The van der Waals surface area contributed by atoms with Gasteiger partial charge in [0.1, 0.15) is 11.8 Å². The summed E-state index contributed by atoms with van der Waals surface area (Å²) in [7, 11) is 1.63. The molecule has 1 N–H and O–H groups in total. The van der Waals surface area contributed by atoms with Gasteiger partial charge in [0.25, 0.3) is 0 Å². The van der Waals surface area contributed by atoms with Crippen molar-refractivity contribution in [1.82, 2.24) is 10.2 Å². The molecule has 0 saturated carbocycles. The van der Waals surface area contributed by atoms with Crippen molar-refractivity contribution in [3.05, 3.63) is 101 Å². The van der Waals surface area contributed by atoms with E-state index in [9.17, 15) is 9.59 Å². The number of aryl methyl sites for hydroxylation is 1. The van der Waals surface area contributed by atoms with E-state index in [1.54, 1.807) is 12.0 Å². The maximum atomic E-state index is 13.8. The molecule has 0 fully saturated rings. The first-order valence-electron chi connectivity index (χ1n) is 13.5. The lowest BCUT2D eigenvalue weighted by Crippen LogP contribution is -2.50. The van der Waals surface area contributed by atoms with Crippen molar-refractivity contribution in [2.24, 2.45) is 0 Å². The predicted molar refractivity (Wildman–Crippen MR) is 154 cm³/mol. The zero-order valence-corrected chi connectivity index (χ0v) is 23.5. The summed E-state index contributed by atoms with van der Waals surface area (Å²) in [5.74, 6) is 0.561. The van der Waals surface area contributed by atoms with Crippen LogP contribution in [0.3, 0.4) is 0 Å². The number of nitrogens with one attached hydrogen (secondary N) is 1. The molecular formula is C33H42N2O3. The Kier molecular flexibility index (Phi) is 10.5. The molecule has 202 valence electrons. The molecule has 5 nitrogen and oxygen atoms in total. The number of nitrogens with zero attached hydrogens (tertiary/aromatic N) is 1. The second-order valence-corrected chi connectivity index (χ2v) is 10.8. The molecule has 0 aromatic heterocycles. The van der Waals surface area contributed by atoms with Crippen LogP contribution in [0.25, 0.3) is 0 Å². The van der Waals surface area contributed by atoms with Gasteiger partial charge in [0.15, 0.2) is 0 Å². The van der Waals surface area contributed by atoms with Crippen LogP contribution in [-0.2, 0) is 34.4 Å². The van der Waals surface area contributed by atoms with Gasteiger partial charge in [0.05, 0.1) is 7.11 Å². The van der Waals surface area contributed by atoms with Crippen LogP contribution in [0.15, 0.2) is 78.9 Å². The van der Waals surface area contributed by atoms with E-state index in [0.717, 1.165) is 28.9 Å². The highest BCUT2D eigenvalue weighted by Crippen LogP contribution is 2.23. The van der Waals surface area contributed by atoms with Crippen molar-refractivity contribution in [1.29, 1.82) is 0 Å². The summed E-state index contributed by atoms with van der Waals surface area (Å²) in [5, 5.41) is 3.03. The van der Waals surface area contributed by atoms with Crippen molar-refractivity contribution in [2.45, 2.75) is 71.4 Å². The largest absolute Gasteiger partial charge is 0.497 e. The van der Waals surface area contributed by atoms with Crippen LogP contribution in [0, 0.1) is 0 Å². The predicted octanol–water partition coefficient (Wildman–Crippen LogP) is 6.09. The van der Waals surface area contributed by atoms with Crippen molar-refractivity contribution in [2.75, 3.05) is 13.7 Å². The van der Waals surface area contributed by atoms with E-state index in [-0.39, 0.29) is 17.2 Å². The minimum atomic E-state index is -0.620. The van der Waals surface area contributed by atoms with Crippen LogP contribution in [0.1, 0.15) is 62.8 Å². The number of hydrogen-bond acceptors (Lipinski definition) is 3. The van der Waals surface area contributed by atoms with Crippen LogP contribution in [0.2, 0.25) is 0 Å². The molecule has 2 amide bonds. The Bertz CT molecular complexity index is 1170. The Labute approximate surface area is 228 Å². The van der Waals surface area contributed by atoms with Gasteiger partial charge in [-0.25, -0.2) is 0 Å². The molecule has 5 heteroatoms. The highest BCUT2D eigenvalue weighted by molar-refractivity contribution is 5.88. The van der Waals surface area contributed by atoms with Crippen molar-refractivity contribution >= 4 is 11.8 Å². The fourth-order valence-corrected chi connectivity index (χ4v) is 4.45. The van der Waals surface area contributed by atoms with Crippen molar-refractivity contribution in [3.63, 3.8) is 0 Å². The third-order valence-corrected chi connectivity index (χ3v) is 6.75. The van der Waals surface area contributed by atoms with E-state index in [4.69, 9.17) is 4.74 Å². The number of benzene rings is 3. The first kappa shape index (κ1) is 29.0. The topological polar surface area (TPSA) is 58.6 Å². The lowest BCUT2D eigenvalue weighted by Gasteiger charge is -2.32. The van der Waals surface area contributed by atoms with Gasteiger partial charge in [-0.2, -0.15) is 0 Å². The number of methoxy groups -OCH3 is 1. The molecule has 38 heavy (non-hydrogen) atoms. The molecule has 3 rings (SSSR count). The van der Waals surface area contributed by atoms with Gasteiger partial charge in [0.2, 0.25) is 11.8 Å². The quantitative estimate of drug-likeness (QED) is 0.318. The summed E-state index contributed by atoms with van der Waals surface area (Å²) in [6.45, 7) is 9.51. The van der Waals surface area contributed by atoms with E-state index in [1.165, 1.54) is 5.56 Å². The maximum absolute atomic E-state index is 13.8. The molecule has 0 unspecified atom stereocenters. The fourth-order valence-electron chi connectivity index (χ4n) is 4.45. The molecular weight excluding hydrogens is 472 g/mol. The molecule has 1 atom stereocenters. The van der Waals surface area contributed by atoms with Gasteiger partial charge < -0.3 is 15.0 Å². The average molecular weight is 515 g/mol. The van der Waals surface area contributed by atoms with Gasteiger partial charge in [0, 0.05) is 25.9 Å². The van der Waals surface area contributed by atoms with Crippen LogP contribution in [-0.4, -0.2) is 36.4 Å². The SMILES string of the molecule is CCCNC(=O)[C@H](Cc1ccccc1)N(Cc1cccc(OC)c1)C(=O)CCc1ccc(C(C)(C)C)cc1. The summed E-state index contributed by atoms with van der Waals surface area (Å²) in [6.07, 6.45) is 2.22. The summed E-state index contributed by atoms with van der Waals surface area (Å²) < 4.78 is 5.41. The number of carbonyl (C=O) groups is 2. The number of amides is 2. The zero-order valence-electron chi connectivity index (χ0n) is 23.5. The maximum Gasteiger partial charge on any atom is 0.243 e. The Balaban J connectivity index is 1.88. The van der Waals surface area contributed by atoms with E-state index < -0.39 is 6.04 Å². The molecule has 3 aromatic rings. The number of rotatable bonds is 12. The smallest absolute Gasteiger partial charge is 0.243 e. The second kappa shape index (κ2) is 13.8. The fraction of sp³-hybridized carbons (Fsp3) is 0.394. The Hall–Kier alpha value is -3.60. The van der Waals surface area contributed by atoms with Gasteiger partial charge >= 0.3 is 0 Å². The third kappa shape index (κ3) is 8.47. The summed E-state index contributed by atoms with van der Waals surface area (Å²) >= 11 is 0. The van der Waals surface area contributed by atoms with Crippen LogP contribution in [0.5, 0.6) is 5.75 Å². The zero-order chi connectivity index (χ0) is 27.5. The van der Waals surface area contributed by atoms with Crippen LogP contribution in [0.4, 0.5) is 0 Å². The summed E-state index contributed by atoms with van der Waals surface area (Å²) in [4.78, 5) is 29.0. The third-order valence-electron chi connectivity index (χ3n) is 6.75. The molecule has 0 radical (unpaired) electrons. The second-order valence-electron chi connectivity index (χ2n) is 10.8. The van der Waals surface area contributed by atoms with Gasteiger partial charge in [-0.05, 0) is 52.6 Å². The summed E-state index contributed by atoms with van der Waals surface area (Å²) in [6, 6.07) is 25.5. The lowest BCUT2D eigenvalue weighted by molar-refractivity contribution is -0.141. The molecule has 0 spiro atoms. The molecule has 0 aliphatic carbocycles. The van der Waals surface area contributed by atoms with Crippen LogP contribution < -0.4 is 10.1 Å². The molecule has 0 bridgehead atoms. The minimum absolute atomic E-state index is 0.0414. The molecule has 0 saturated heterocycles. The summed E-state index contributed by atoms with van der Waals surface area (Å²) in [5.41, 5.74) is 4.41. The number of carbonyl (C=O) groups excluding carboxylic acids is 2.